The van der Waals surface area contributed by atoms with Gasteiger partial charge in [0.15, 0.2) is 0 Å². The number of benzene rings is 2. The summed E-state index contributed by atoms with van der Waals surface area (Å²) in [4.78, 5) is 27.5. The molecule has 7 nitrogen and oxygen atoms in total. The van der Waals surface area contributed by atoms with Crippen molar-refractivity contribution < 1.29 is 31.2 Å². The van der Waals surface area contributed by atoms with Crippen LogP contribution in [0.25, 0.3) is 0 Å². The van der Waals surface area contributed by atoms with E-state index < -0.39 is 56.9 Å². The van der Waals surface area contributed by atoms with Gasteiger partial charge in [-0.2, -0.15) is 13.2 Å². The molecular weight excluding hydrogens is 554 g/mol. The van der Waals surface area contributed by atoms with Crippen molar-refractivity contribution in [3.8, 4) is 0 Å². The molecule has 0 bridgehead atoms. The number of anilines is 1. The van der Waals surface area contributed by atoms with Crippen molar-refractivity contribution >= 4 is 50.7 Å². The molecule has 37 heavy (non-hydrogen) atoms. The third-order valence-corrected chi connectivity index (χ3v) is 7.53. The smallest absolute Gasteiger partial charge is 0.352 e. The molecule has 1 N–H and O–H groups in total. The predicted octanol–water partition coefficient (Wildman–Crippen LogP) is 5.11. The maximum Gasteiger partial charge on any atom is 0.417 e. The van der Waals surface area contributed by atoms with E-state index in [0.29, 0.717) is 27.4 Å². The van der Waals surface area contributed by atoms with Crippen LogP contribution in [0.4, 0.5) is 18.9 Å². The Morgan fingerprint density at radius 2 is 1.68 bits per heavy atom. The molecule has 0 radical (unpaired) electrons. The first-order valence-corrected chi connectivity index (χ1v) is 13.8. The Labute approximate surface area is 224 Å². The normalized spacial score (nSPS) is 13.5. The van der Waals surface area contributed by atoms with E-state index in [0.717, 1.165) is 23.3 Å². The van der Waals surface area contributed by atoms with Crippen molar-refractivity contribution in [2.45, 2.75) is 52.0 Å². The Hall–Kier alpha value is -2.50. The fourth-order valence-corrected chi connectivity index (χ4v) is 4.62. The summed E-state index contributed by atoms with van der Waals surface area (Å²) >= 11 is 11.9. The zero-order chi connectivity index (χ0) is 28.1. The first kappa shape index (κ1) is 30.7. The van der Waals surface area contributed by atoms with E-state index >= 15 is 0 Å². The minimum absolute atomic E-state index is 0.139. The van der Waals surface area contributed by atoms with Gasteiger partial charge in [0.2, 0.25) is 21.8 Å². The Balaban J connectivity index is 2.49. The van der Waals surface area contributed by atoms with E-state index in [1.165, 1.54) is 6.92 Å². The average molecular weight is 582 g/mol. The predicted molar refractivity (Wildman–Crippen MR) is 138 cm³/mol. The van der Waals surface area contributed by atoms with E-state index in [1.807, 2.05) is 6.92 Å². The highest BCUT2D eigenvalue weighted by atomic mass is 35.5. The summed E-state index contributed by atoms with van der Waals surface area (Å²) in [5, 5.41) is 2.48. The van der Waals surface area contributed by atoms with Crippen LogP contribution in [0.2, 0.25) is 10.0 Å². The zero-order valence-electron chi connectivity index (χ0n) is 20.6. The average Bonchev–Trinajstić information content (AvgIpc) is 2.80. The van der Waals surface area contributed by atoms with Crippen LogP contribution in [0.5, 0.6) is 0 Å². The van der Waals surface area contributed by atoms with Crippen molar-refractivity contribution in [3.63, 3.8) is 0 Å². The van der Waals surface area contributed by atoms with Gasteiger partial charge < -0.3 is 10.2 Å². The number of hydrogen-bond donors (Lipinski definition) is 1. The van der Waals surface area contributed by atoms with Crippen molar-refractivity contribution in [1.82, 2.24) is 10.2 Å². The second kappa shape index (κ2) is 12.4. The minimum Gasteiger partial charge on any atom is -0.352 e. The quantitative estimate of drug-likeness (QED) is 0.422. The summed E-state index contributed by atoms with van der Waals surface area (Å²) in [5.41, 5.74) is -1.15. The molecule has 0 aliphatic heterocycles. The van der Waals surface area contributed by atoms with Crippen molar-refractivity contribution in [3.05, 3.63) is 63.6 Å². The third kappa shape index (κ3) is 8.24. The van der Waals surface area contributed by atoms with Crippen molar-refractivity contribution in [1.29, 1.82) is 0 Å². The number of nitrogens with one attached hydrogen (secondary N) is 1. The van der Waals surface area contributed by atoms with Crippen LogP contribution in [0.15, 0.2) is 42.5 Å². The fraction of sp³-hybridized carbons (Fsp3) is 0.417. The molecule has 13 heteroatoms. The molecule has 2 amide bonds. The Bertz CT molecular complexity index is 1240. The number of amides is 2. The molecule has 0 unspecified atom stereocenters. The van der Waals surface area contributed by atoms with E-state index in [1.54, 1.807) is 31.2 Å². The molecule has 0 aliphatic carbocycles. The number of carbonyl (C=O) groups excluding carboxylic acids is 2. The molecule has 2 aromatic carbocycles. The van der Waals surface area contributed by atoms with E-state index in [4.69, 9.17) is 23.2 Å². The van der Waals surface area contributed by atoms with Gasteiger partial charge in [-0.05, 0) is 50.1 Å². The largest absolute Gasteiger partial charge is 0.417 e. The summed E-state index contributed by atoms with van der Waals surface area (Å²) in [5.74, 6) is -1.30. The molecule has 0 aliphatic rings. The van der Waals surface area contributed by atoms with Gasteiger partial charge in [-0.25, -0.2) is 8.42 Å². The lowest BCUT2D eigenvalue weighted by Gasteiger charge is -2.32. The molecule has 0 fully saturated rings. The molecule has 0 heterocycles. The van der Waals surface area contributed by atoms with E-state index in [-0.39, 0.29) is 12.6 Å². The molecule has 2 rings (SSSR count). The maximum atomic E-state index is 13.5. The number of sulfonamides is 1. The summed E-state index contributed by atoms with van der Waals surface area (Å²) in [7, 11) is -4.22. The van der Waals surface area contributed by atoms with Gasteiger partial charge in [-0.15, -0.1) is 0 Å². The van der Waals surface area contributed by atoms with Crippen LogP contribution in [0.3, 0.4) is 0 Å². The molecular formula is C24H28Cl2F3N3O4S. The van der Waals surface area contributed by atoms with Crippen LogP contribution in [0.1, 0.15) is 38.3 Å². The van der Waals surface area contributed by atoms with Crippen LogP contribution in [0, 0.1) is 0 Å². The highest BCUT2D eigenvalue weighted by Gasteiger charge is 2.35. The Kier molecular flexibility index (Phi) is 10.3. The monoisotopic (exact) mass is 581 g/mol. The van der Waals surface area contributed by atoms with Crippen LogP contribution >= 0.6 is 23.2 Å². The third-order valence-electron chi connectivity index (χ3n) is 5.69. The van der Waals surface area contributed by atoms with Crippen LogP contribution < -0.4 is 9.62 Å². The van der Waals surface area contributed by atoms with Gasteiger partial charge in [0.1, 0.15) is 12.6 Å². The van der Waals surface area contributed by atoms with Crippen molar-refractivity contribution in [2.75, 3.05) is 17.1 Å². The Morgan fingerprint density at radius 1 is 1.05 bits per heavy atom. The lowest BCUT2D eigenvalue weighted by atomic mass is 10.1. The number of halogens is 5. The second-order valence-corrected chi connectivity index (χ2v) is 11.3. The standard InChI is InChI=1S/C24H28Cl2F3N3O4S/c1-5-15(2)30-23(34)16(3)31(13-17-8-6-7-9-20(17)25)22(33)14-32(37(4,35)36)18-10-11-21(26)19(12-18)24(27,28)29/h6-12,15-16H,5,13-14H2,1-4H3,(H,30,34)/t15-,16-/m1/s1. The minimum atomic E-state index is -4.85. The van der Waals surface area contributed by atoms with Crippen LogP contribution in [-0.2, 0) is 32.3 Å². The van der Waals surface area contributed by atoms with Crippen LogP contribution in [-0.4, -0.2) is 50.0 Å². The highest BCUT2D eigenvalue weighted by Crippen LogP contribution is 2.37. The van der Waals surface area contributed by atoms with E-state index in [9.17, 15) is 31.2 Å². The number of hydrogen-bond acceptors (Lipinski definition) is 4. The summed E-state index contributed by atoms with van der Waals surface area (Å²) in [6, 6.07) is 7.92. The highest BCUT2D eigenvalue weighted by molar-refractivity contribution is 7.92. The first-order valence-electron chi connectivity index (χ1n) is 11.2. The molecule has 2 atom stereocenters. The number of rotatable bonds is 10. The van der Waals surface area contributed by atoms with Gasteiger partial charge in [0, 0.05) is 17.6 Å². The number of alkyl halides is 3. The lowest BCUT2D eigenvalue weighted by Crippen LogP contribution is -2.52. The van der Waals surface area contributed by atoms with Gasteiger partial charge in [0.25, 0.3) is 0 Å². The van der Waals surface area contributed by atoms with Gasteiger partial charge >= 0.3 is 6.18 Å². The van der Waals surface area contributed by atoms with E-state index in [2.05, 4.69) is 5.32 Å². The Morgan fingerprint density at radius 3 is 2.22 bits per heavy atom. The fourth-order valence-electron chi connectivity index (χ4n) is 3.36. The molecule has 0 aromatic heterocycles. The lowest BCUT2D eigenvalue weighted by molar-refractivity contribution is -0.139. The SMILES string of the molecule is CC[C@@H](C)NC(=O)[C@@H](C)N(Cc1ccccc1Cl)C(=O)CN(c1ccc(Cl)c(C(F)(F)F)c1)S(C)(=O)=O. The van der Waals surface area contributed by atoms with Gasteiger partial charge in [-0.3, -0.25) is 13.9 Å². The van der Waals surface area contributed by atoms with Gasteiger partial charge in [0.05, 0.1) is 22.5 Å². The molecule has 2 aromatic rings. The molecule has 0 saturated carbocycles. The molecule has 204 valence electrons. The van der Waals surface area contributed by atoms with Gasteiger partial charge in [-0.1, -0.05) is 48.3 Å². The first-order chi connectivity index (χ1) is 17.1. The number of carbonyl (C=O) groups is 2. The molecule has 0 saturated heterocycles. The second-order valence-electron chi connectivity index (χ2n) is 8.54. The topological polar surface area (TPSA) is 86.8 Å². The molecule has 0 spiro atoms. The zero-order valence-corrected chi connectivity index (χ0v) is 23.0. The summed E-state index contributed by atoms with van der Waals surface area (Å²) < 4.78 is 65.9. The number of nitrogens with zero attached hydrogens (tertiary/aromatic N) is 2. The summed E-state index contributed by atoms with van der Waals surface area (Å²) in [6.45, 7) is 4.13. The maximum absolute atomic E-state index is 13.5. The van der Waals surface area contributed by atoms with Crippen molar-refractivity contribution in [2.24, 2.45) is 0 Å². The summed E-state index contributed by atoms with van der Waals surface area (Å²) in [6.07, 6.45) is -3.45.